The summed E-state index contributed by atoms with van der Waals surface area (Å²) in [5.74, 6) is 0.321. The van der Waals surface area contributed by atoms with Crippen LogP contribution < -0.4 is 5.73 Å². The van der Waals surface area contributed by atoms with Crippen molar-refractivity contribution < 1.29 is 8.42 Å². The normalized spacial score (nSPS) is 16.4. The minimum Gasteiger partial charge on any atom is -0.346 e. The second-order valence-electron chi connectivity index (χ2n) is 6.57. The van der Waals surface area contributed by atoms with Crippen LogP contribution in [0.25, 0.3) is 0 Å². The van der Waals surface area contributed by atoms with Crippen LogP contribution in [0.3, 0.4) is 0 Å². The number of hydrogen-bond acceptors (Lipinski definition) is 3. The van der Waals surface area contributed by atoms with Crippen molar-refractivity contribution in [3.8, 4) is 0 Å². The minimum absolute atomic E-state index is 0.182. The lowest BCUT2D eigenvalue weighted by molar-refractivity contribution is 0.360. The smallest absolute Gasteiger partial charge is 0.244 e. The number of rotatable bonds is 7. The Labute approximate surface area is 128 Å². The van der Waals surface area contributed by atoms with E-state index in [1.54, 1.807) is 16.6 Å². The van der Waals surface area contributed by atoms with Gasteiger partial charge in [0, 0.05) is 37.1 Å². The molecule has 0 aliphatic heterocycles. The van der Waals surface area contributed by atoms with Gasteiger partial charge in [-0.1, -0.05) is 13.8 Å². The molecule has 1 saturated carbocycles. The Morgan fingerprint density at radius 1 is 1.33 bits per heavy atom. The van der Waals surface area contributed by atoms with E-state index >= 15 is 0 Å². The molecule has 1 aromatic heterocycles. The number of nitrogens with zero attached hydrogens (tertiary/aromatic N) is 2. The van der Waals surface area contributed by atoms with Gasteiger partial charge >= 0.3 is 0 Å². The Balaban J connectivity index is 2.37. The van der Waals surface area contributed by atoms with Gasteiger partial charge in [-0.15, -0.1) is 0 Å². The average molecular weight is 313 g/mol. The molecule has 120 valence electrons. The van der Waals surface area contributed by atoms with Crippen molar-refractivity contribution >= 4 is 10.0 Å². The first-order valence-corrected chi connectivity index (χ1v) is 9.14. The Morgan fingerprint density at radius 3 is 2.33 bits per heavy atom. The van der Waals surface area contributed by atoms with E-state index in [9.17, 15) is 8.42 Å². The molecule has 5 nitrogen and oxygen atoms in total. The van der Waals surface area contributed by atoms with Gasteiger partial charge in [0.2, 0.25) is 10.0 Å². The van der Waals surface area contributed by atoms with Crippen LogP contribution in [0.4, 0.5) is 0 Å². The maximum absolute atomic E-state index is 12.9. The van der Waals surface area contributed by atoms with E-state index in [2.05, 4.69) is 13.8 Å². The zero-order valence-corrected chi connectivity index (χ0v) is 14.2. The van der Waals surface area contributed by atoms with Crippen LogP contribution in [-0.4, -0.2) is 29.9 Å². The van der Waals surface area contributed by atoms with Crippen molar-refractivity contribution in [1.29, 1.82) is 0 Å². The van der Waals surface area contributed by atoms with E-state index in [0.717, 1.165) is 18.5 Å². The second kappa shape index (κ2) is 6.10. The summed E-state index contributed by atoms with van der Waals surface area (Å²) in [5, 5.41) is 0. The van der Waals surface area contributed by atoms with Crippen molar-refractivity contribution in [2.24, 2.45) is 11.7 Å². The van der Waals surface area contributed by atoms with E-state index in [1.807, 2.05) is 18.4 Å². The van der Waals surface area contributed by atoms with Crippen LogP contribution in [0.2, 0.25) is 0 Å². The molecule has 0 aromatic carbocycles. The molecule has 0 saturated heterocycles. The summed E-state index contributed by atoms with van der Waals surface area (Å²) in [5.41, 5.74) is 6.61. The summed E-state index contributed by atoms with van der Waals surface area (Å²) in [6.07, 6.45) is 3.68. The van der Waals surface area contributed by atoms with E-state index < -0.39 is 10.0 Å². The first-order chi connectivity index (χ1) is 9.77. The summed E-state index contributed by atoms with van der Waals surface area (Å²) in [7, 11) is -3.42. The summed E-state index contributed by atoms with van der Waals surface area (Å²) in [6.45, 7) is 9.09. The topological polar surface area (TPSA) is 68.3 Å². The number of sulfonamides is 1. The maximum Gasteiger partial charge on any atom is 0.244 e. The van der Waals surface area contributed by atoms with Crippen LogP contribution >= 0.6 is 0 Å². The standard InChI is InChI=1S/C15H27N3O2S/c1-11(2)9-18(13-5-6-13)21(19,20)15-7-14(8-16)17(10-15)12(3)4/h7,10-13H,5-6,8-9,16H2,1-4H3. The first-order valence-electron chi connectivity index (χ1n) is 7.70. The number of nitrogens with two attached hydrogens (primary N) is 1. The minimum atomic E-state index is -3.42. The molecule has 1 aliphatic carbocycles. The predicted molar refractivity (Wildman–Crippen MR) is 84.5 cm³/mol. The van der Waals surface area contributed by atoms with Crippen LogP contribution in [0.5, 0.6) is 0 Å². The lowest BCUT2D eigenvalue weighted by atomic mass is 10.2. The highest BCUT2D eigenvalue weighted by atomic mass is 32.2. The molecular weight excluding hydrogens is 286 g/mol. The zero-order chi connectivity index (χ0) is 15.8. The molecule has 2 rings (SSSR count). The summed E-state index contributed by atoms with van der Waals surface area (Å²) in [4.78, 5) is 0.379. The Hall–Kier alpha value is -0.850. The van der Waals surface area contributed by atoms with Crippen LogP contribution in [0, 0.1) is 5.92 Å². The molecule has 0 amide bonds. The van der Waals surface area contributed by atoms with Crippen molar-refractivity contribution in [2.75, 3.05) is 6.54 Å². The fourth-order valence-electron chi connectivity index (χ4n) is 2.58. The first kappa shape index (κ1) is 16.5. The zero-order valence-electron chi connectivity index (χ0n) is 13.4. The summed E-state index contributed by atoms with van der Waals surface area (Å²) >= 11 is 0. The van der Waals surface area contributed by atoms with Gasteiger partial charge in [0.05, 0.1) is 0 Å². The molecule has 0 unspecified atom stereocenters. The van der Waals surface area contributed by atoms with E-state index in [0.29, 0.717) is 23.9 Å². The third-order valence-corrected chi connectivity index (χ3v) is 5.66. The molecule has 1 fully saturated rings. The van der Waals surface area contributed by atoms with Crippen LogP contribution in [0.1, 0.15) is 52.3 Å². The molecular formula is C15H27N3O2S. The third kappa shape index (κ3) is 3.49. The molecule has 0 bridgehead atoms. The molecule has 1 aliphatic rings. The number of hydrogen-bond donors (Lipinski definition) is 1. The Morgan fingerprint density at radius 2 is 1.95 bits per heavy atom. The number of aromatic nitrogens is 1. The quantitative estimate of drug-likeness (QED) is 0.840. The van der Waals surface area contributed by atoms with Crippen molar-refractivity contribution in [3.05, 3.63) is 18.0 Å². The van der Waals surface area contributed by atoms with E-state index in [4.69, 9.17) is 5.73 Å². The highest BCUT2D eigenvalue weighted by Gasteiger charge is 2.38. The largest absolute Gasteiger partial charge is 0.346 e. The molecule has 0 atom stereocenters. The summed E-state index contributed by atoms with van der Waals surface area (Å²) in [6, 6.07) is 2.11. The molecule has 1 heterocycles. The second-order valence-corrected chi connectivity index (χ2v) is 8.46. The van der Waals surface area contributed by atoms with E-state index in [1.165, 1.54) is 0 Å². The van der Waals surface area contributed by atoms with Gasteiger partial charge in [0.15, 0.2) is 0 Å². The van der Waals surface area contributed by atoms with Gasteiger partial charge in [-0.2, -0.15) is 4.31 Å². The van der Waals surface area contributed by atoms with E-state index in [-0.39, 0.29) is 12.1 Å². The Bertz CT molecular complexity index is 586. The van der Waals surface area contributed by atoms with Crippen molar-refractivity contribution in [2.45, 2.75) is 64.1 Å². The van der Waals surface area contributed by atoms with Gasteiger partial charge in [-0.25, -0.2) is 8.42 Å². The molecule has 21 heavy (non-hydrogen) atoms. The molecule has 1 aromatic rings. The maximum atomic E-state index is 12.9. The monoisotopic (exact) mass is 313 g/mol. The van der Waals surface area contributed by atoms with Gasteiger partial charge in [-0.05, 0) is 38.7 Å². The third-order valence-electron chi connectivity index (χ3n) is 3.78. The Kier molecular flexibility index (Phi) is 4.80. The van der Waals surface area contributed by atoms with Gasteiger partial charge in [0.1, 0.15) is 4.90 Å². The average Bonchev–Trinajstić information content (AvgIpc) is 3.12. The SMILES string of the molecule is CC(C)CN(C1CC1)S(=O)(=O)c1cc(CN)n(C(C)C)c1. The van der Waals surface area contributed by atoms with Crippen LogP contribution in [0.15, 0.2) is 17.2 Å². The molecule has 6 heteroatoms. The van der Waals surface area contributed by atoms with Gasteiger partial charge < -0.3 is 10.3 Å². The lowest BCUT2D eigenvalue weighted by Crippen LogP contribution is -2.36. The predicted octanol–water partition coefficient (Wildman–Crippen LogP) is 2.34. The summed E-state index contributed by atoms with van der Waals surface area (Å²) < 4.78 is 29.5. The fourth-order valence-corrected chi connectivity index (χ4v) is 4.48. The molecule has 0 spiro atoms. The fraction of sp³-hybridized carbons (Fsp3) is 0.733. The molecule has 0 radical (unpaired) electrons. The van der Waals surface area contributed by atoms with Crippen molar-refractivity contribution in [3.63, 3.8) is 0 Å². The van der Waals surface area contributed by atoms with Crippen LogP contribution in [-0.2, 0) is 16.6 Å². The van der Waals surface area contributed by atoms with Gasteiger partial charge in [0.25, 0.3) is 0 Å². The highest BCUT2D eigenvalue weighted by molar-refractivity contribution is 7.89. The lowest BCUT2D eigenvalue weighted by Gasteiger charge is -2.23. The van der Waals surface area contributed by atoms with Gasteiger partial charge in [-0.3, -0.25) is 0 Å². The highest BCUT2D eigenvalue weighted by Crippen LogP contribution is 2.33. The van der Waals surface area contributed by atoms with Crippen molar-refractivity contribution in [1.82, 2.24) is 8.87 Å². The molecule has 2 N–H and O–H groups in total.